The molecule has 0 aromatic heterocycles. The lowest BCUT2D eigenvalue weighted by molar-refractivity contribution is 0.101. The number of rotatable bonds is 1. The number of likely N-dealkylation sites (N-methyl/N-ethyl adjacent to an activating group) is 1. The van der Waals surface area contributed by atoms with Gasteiger partial charge in [0.15, 0.2) is 11.8 Å². The Hall–Kier alpha value is -2.02. The van der Waals surface area contributed by atoms with Crippen molar-refractivity contribution >= 4 is 11.5 Å². The summed E-state index contributed by atoms with van der Waals surface area (Å²) >= 11 is 0. The van der Waals surface area contributed by atoms with Crippen LogP contribution in [0.25, 0.3) is 0 Å². The van der Waals surface area contributed by atoms with Crippen LogP contribution in [0.3, 0.4) is 0 Å². The van der Waals surface area contributed by atoms with Gasteiger partial charge in [-0.2, -0.15) is 5.26 Å². The van der Waals surface area contributed by atoms with Gasteiger partial charge in [-0.3, -0.25) is 4.79 Å². The van der Waals surface area contributed by atoms with Crippen molar-refractivity contribution in [1.82, 2.24) is 0 Å². The van der Waals surface area contributed by atoms with Crippen LogP contribution in [0.15, 0.2) is 18.2 Å². The van der Waals surface area contributed by atoms with Gasteiger partial charge in [0.1, 0.15) is 12.4 Å². The Morgan fingerprint density at radius 1 is 1.62 bits per heavy atom. The molecule has 1 aliphatic rings. The van der Waals surface area contributed by atoms with Crippen LogP contribution in [-0.2, 0) is 0 Å². The zero-order chi connectivity index (χ0) is 11.7. The molecule has 0 saturated heterocycles. The van der Waals surface area contributed by atoms with Crippen LogP contribution < -0.4 is 9.64 Å². The van der Waals surface area contributed by atoms with E-state index in [1.54, 1.807) is 18.2 Å². The van der Waals surface area contributed by atoms with Crippen molar-refractivity contribution in [1.29, 1.82) is 5.26 Å². The highest BCUT2D eigenvalue weighted by Crippen LogP contribution is 2.33. The maximum atomic E-state index is 11.3. The number of fused-ring (bicyclic) bond motifs is 1. The average Bonchev–Trinajstić information content (AvgIpc) is 2.29. The van der Waals surface area contributed by atoms with E-state index in [0.717, 1.165) is 11.4 Å². The molecule has 4 nitrogen and oxygen atoms in total. The zero-order valence-electron chi connectivity index (χ0n) is 9.23. The topological polar surface area (TPSA) is 53.3 Å². The normalized spacial score (nSPS) is 18.3. The van der Waals surface area contributed by atoms with E-state index in [4.69, 9.17) is 10.00 Å². The molecule has 1 aromatic rings. The quantitative estimate of drug-likeness (QED) is 0.669. The highest BCUT2D eigenvalue weighted by atomic mass is 16.5. The van der Waals surface area contributed by atoms with Gasteiger partial charge in [-0.05, 0) is 25.1 Å². The summed E-state index contributed by atoms with van der Waals surface area (Å²) in [6.45, 7) is 1.88. The van der Waals surface area contributed by atoms with Crippen LogP contribution in [-0.4, -0.2) is 25.5 Å². The molecule has 1 atom stereocenters. The Morgan fingerprint density at radius 3 is 3.00 bits per heavy atom. The van der Waals surface area contributed by atoms with Crippen molar-refractivity contribution in [3.63, 3.8) is 0 Å². The molecule has 0 bridgehead atoms. The van der Waals surface area contributed by atoms with E-state index < -0.39 is 0 Å². The molecule has 0 N–H and O–H groups in total. The predicted octanol–water partition coefficient (Wildman–Crippen LogP) is 1.61. The summed E-state index contributed by atoms with van der Waals surface area (Å²) in [5.41, 5.74) is 1.43. The Bertz CT molecular complexity index is 476. The molecule has 1 aliphatic heterocycles. The highest BCUT2D eigenvalue weighted by molar-refractivity contribution is 5.95. The number of hydrogen-bond donors (Lipinski definition) is 0. The summed E-state index contributed by atoms with van der Waals surface area (Å²) in [4.78, 5) is 13.1. The number of benzene rings is 1. The molecule has 1 heterocycles. The van der Waals surface area contributed by atoms with Gasteiger partial charge >= 0.3 is 0 Å². The standard InChI is InChI=1S/C12H12N2O2/c1-8(15)9-3-4-12-11(5-9)14(2)10(6-13)7-16-12/h3-5,10H,7H2,1-2H3. The van der Waals surface area contributed by atoms with Gasteiger partial charge in [-0.1, -0.05) is 0 Å². The average molecular weight is 216 g/mol. The predicted molar refractivity (Wildman–Crippen MR) is 59.7 cm³/mol. The molecule has 0 amide bonds. The third kappa shape index (κ3) is 1.61. The Morgan fingerprint density at radius 2 is 2.38 bits per heavy atom. The fourth-order valence-corrected chi connectivity index (χ4v) is 1.71. The van der Waals surface area contributed by atoms with E-state index in [-0.39, 0.29) is 11.8 Å². The van der Waals surface area contributed by atoms with Crippen molar-refractivity contribution in [2.75, 3.05) is 18.6 Å². The van der Waals surface area contributed by atoms with Crippen LogP contribution in [0, 0.1) is 11.3 Å². The lowest BCUT2D eigenvalue weighted by atomic mass is 10.1. The SMILES string of the molecule is CC(=O)c1ccc2c(c1)N(C)C(C#N)CO2. The first kappa shape index (κ1) is 10.5. The second kappa shape index (κ2) is 3.86. The van der Waals surface area contributed by atoms with Crippen molar-refractivity contribution in [3.8, 4) is 11.8 Å². The summed E-state index contributed by atoms with van der Waals surface area (Å²) in [6, 6.07) is 7.14. The Balaban J connectivity index is 2.45. The maximum absolute atomic E-state index is 11.3. The van der Waals surface area contributed by atoms with E-state index in [1.165, 1.54) is 6.92 Å². The molecular weight excluding hydrogens is 204 g/mol. The number of carbonyl (C=O) groups is 1. The van der Waals surface area contributed by atoms with Crippen molar-refractivity contribution in [2.45, 2.75) is 13.0 Å². The van der Waals surface area contributed by atoms with Gasteiger partial charge in [0.05, 0.1) is 11.8 Å². The van der Waals surface area contributed by atoms with Gasteiger partial charge in [0, 0.05) is 12.6 Å². The van der Waals surface area contributed by atoms with Crippen LogP contribution >= 0.6 is 0 Å². The second-order valence-electron chi connectivity index (χ2n) is 3.81. The van der Waals surface area contributed by atoms with Gasteiger partial charge in [0.2, 0.25) is 0 Å². The minimum absolute atomic E-state index is 0.00952. The molecule has 1 unspecified atom stereocenters. The number of nitriles is 1. The third-order valence-electron chi connectivity index (χ3n) is 2.76. The summed E-state index contributed by atoms with van der Waals surface area (Å²) in [6.07, 6.45) is 0. The number of ether oxygens (including phenoxy) is 1. The number of hydrogen-bond acceptors (Lipinski definition) is 4. The molecule has 0 radical (unpaired) electrons. The molecule has 16 heavy (non-hydrogen) atoms. The van der Waals surface area contributed by atoms with Gasteiger partial charge in [0.25, 0.3) is 0 Å². The van der Waals surface area contributed by atoms with Crippen molar-refractivity contribution < 1.29 is 9.53 Å². The molecule has 1 aromatic carbocycles. The molecular formula is C12H12N2O2. The first-order valence-corrected chi connectivity index (χ1v) is 5.03. The lowest BCUT2D eigenvalue weighted by Gasteiger charge is -2.32. The number of ketones is 1. The fraction of sp³-hybridized carbons (Fsp3) is 0.333. The highest BCUT2D eigenvalue weighted by Gasteiger charge is 2.24. The molecule has 0 fully saturated rings. The smallest absolute Gasteiger partial charge is 0.159 e. The summed E-state index contributed by atoms with van der Waals surface area (Å²) in [7, 11) is 1.83. The largest absolute Gasteiger partial charge is 0.488 e. The van der Waals surface area contributed by atoms with E-state index in [9.17, 15) is 4.79 Å². The lowest BCUT2D eigenvalue weighted by Crippen LogP contribution is -2.39. The zero-order valence-corrected chi connectivity index (χ0v) is 9.23. The monoisotopic (exact) mass is 216 g/mol. The molecule has 4 heteroatoms. The fourth-order valence-electron chi connectivity index (χ4n) is 1.71. The van der Waals surface area contributed by atoms with Crippen LogP contribution in [0.1, 0.15) is 17.3 Å². The van der Waals surface area contributed by atoms with Crippen LogP contribution in [0.2, 0.25) is 0 Å². The molecule has 2 rings (SSSR count). The first-order valence-electron chi connectivity index (χ1n) is 5.03. The summed E-state index contributed by atoms with van der Waals surface area (Å²) < 4.78 is 5.46. The minimum atomic E-state index is -0.297. The molecule has 82 valence electrons. The van der Waals surface area contributed by atoms with E-state index >= 15 is 0 Å². The van der Waals surface area contributed by atoms with E-state index in [0.29, 0.717) is 12.2 Å². The Kier molecular flexibility index (Phi) is 2.53. The van der Waals surface area contributed by atoms with Gasteiger partial charge < -0.3 is 9.64 Å². The number of Topliss-reactive ketones (excluding diaryl/α,β-unsaturated/α-hetero) is 1. The number of nitrogens with zero attached hydrogens (tertiary/aromatic N) is 2. The maximum Gasteiger partial charge on any atom is 0.159 e. The Labute approximate surface area is 94.0 Å². The van der Waals surface area contributed by atoms with Crippen molar-refractivity contribution in [2.24, 2.45) is 0 Å². The minimum Gasteiger partial charge on any atom is -0.488 e. The molecule has 0 spiro atoms. The summed E-state index contributed by atoms with van der Waals surface area (Å²) in [5.74, 6) is 0.731. The second-order valence-corrected chi connectivity index (χ2v) is 3.81. The first-order chi connectivity index (χ1) is 7.63. The van der Waals surface area contributed by atoms with Crippen molar-refractivity contribution in [3.05, 3.63) is 23.8 Å². The molecule has 0 saturated carbocycles. The van der Waals surface area contributed by atoms with Crippen LogP contribution in [0.4, 0.5) is 5.69 Å². The number of anilines is 1. The van der Waals surface area contributed by atoms with Gasteiger partial charge in [-0.25, -0.2) is 0 Å². The van der Waals surface area contributed by atoms with E-state index in [1.807, 2.05) is 11.9 Å². The van der Waals surface area contributed by atoms with Gasteiger partial charge in [-0.15, -0.1) is 0 Å². The molecule has 0 aliphatic carbocycles. The van der Waals surface area contributed by atoms with E-state index in [2.05, 4.69) is 6.07 Å². The van der Waals surface area contributed by atoms with Crippen LogP contribution in [0.5, 0.6) is 5.75 Å². The summed E-state index contributed by atoms with van der Waals surface area (Å²) in [5, 5.41) is 8.93. The number of carbonyl (C=O) groups excluding carboxylic acids is 1. The third-order valence-corrected chi connectivity index (χ3v) is 2.76.